The van der Waals surface area contributed by atoms with E-state index >= 15 is 0 Å². The molecular formula is C49H35N5. The third kappa shape index (κ3) is 4.89. The van der Waals surface area contributed by atoms with Gasteiger partial charge in [0.05, 0.1) is 22.1 Å². The van der Waals surface area contributed by atoms with E-state index in [1.165, 1.54) is 73.2 Å². The van der Waals surface area contributed by atoms with Gasteiger partial charge in [0.2, 0.25) is 5.95 Å². The second kappa shape index (κ2) is 12.4. The van der Waals surface area contributed by atoms with E-state index in [-0.39, 0.29) is 0 Å². The summed E-state index contributed by atoms with van der Waals surface area (Å²) in [4.78, 5) is 15.5. The molecule has 0 saturated heterocycles. The number of hydrogen-bond donors (Lipinski definition) is 0. The van der Waals surface area contributed by atoms with E-state index < -0.39 is 0 Å². The van der Waals surface area contributed by atoms with Gasteiger partial charge in [0.15, 0.2) is 11.6 Å². The van der Waals surface area contributed by atoms with Crippen molar-refractivity contribution in [2.45, 2.75) is 25.7 Å². The Bertz CT molecular complexity index is 2970. The van der Waals surface area contributed by atoms with Gasteiger partial charge in [-0.05, 0) is 90.4 Å². The SMILES string of the molecule is c1ccc(-c2nc(-c3ccccc3)nc(-n3c4ccc(-c5ccc6c(c5)c5ccccc5n6-c5ccccc5)cc4c4ccc5c(c43)CCCC5)n2)cc1. The Morgan fingerprint density at radius 3 is 1.63 bits per heavy atom. The maximum atomic E-state index is 5.23. The highest BCUT2D eigenvalue weighted by Gasteiger charge is 2.23. The van der Waals surface area contributed by atoms with Gasteiger partial charge in [0.25, 0.3) is 0 Å². The summed E-state index contributed by atoms with van der Waals surface area (Å²) in [5, 5.41) is 4.93. The van der Waals surface area contributed by atoms with Gasteiger partial charge < -0.3 is 4.57 Å². The molecular weight excluding hydrogens is 659 g/mol. The first kappa shape index (κ1) is 30.7. The van der Waals surface area contributed by atoms with Crippen molar-refractivity contribution < 1.29 is 0 Å². The second-order valence-electron chi connectivity index (χ2n) is 14.3. The second-order valence-corrected chi connectivity index (χ2v) is 14.3. The van der Waals surface area contributed by atoms with Crippen molar-refractivity contribution in [1.82, 2.24) is 24.1 Å². The Labute approximate surface area is 312 Å². The lowest BCUT2D eigenvalue weighted by molar-refractivity contribution is 0.688. The standard InChI is InChI=1S/C49H35N5/c1-4-15-33(16-5-1)47-50-48(34-17-6-2-7-18-34)52-49(51-47)54-45-29-26-36(31-42(45)40-27-24-32-14-10-11-21-38(32)46(40)54)35-25-28-44-41(30-35)39-22-12-13-23-43(39)53(44)37-19-8-3-9-20-37/h1-9,12-13,15-20,22-31H,10-11,14,21H2. The predicted octanol–water partition coefficient (Wildman–Crippen LogP) is 11.9. The molecule has 0 N–H and O–H groups in total. The molecule has 1 aliphatic rings. The maximum absolute atomic E-state index is 5.23. The van der Waals surface area contributed by atoms with Crippen molar-refractivity contribution in [1.29, 1.82) is 0 Å². The van der Waals surface area contributed by atoms with Gasteiger partial charge in [0, 0.05) is 38.4 Å². The normalized spacial score (nSPS) is 12.9. The number of fused-ring (bicyclic) bond motifs is 8. The van der Waals surface area contributed by atoms with Crippen LogP contribution in [0.3, 0.4) is 0 Å². The molecule has 0 amide bonds. The van der Waals surface area contributed by atoms with Crippen LogP contribution < -0.4 is 0 Å². The van der Waals surface area contributed by atoms with Gasteiger partial charge in [-0.1, -0.05) is 121 Å². The molecule has 7 aromatic carbocycles. The van der Waals surface area contributed by atoms with Crippen molar-refractivity contribution >= 4 is 43.6 Å². The molecule has 0 aliphatic heterocycles. The lowest BCUT2D eigenvalue weighted by Crippen LogP contribution is -2.09. The highest BCUT2D eigenvalue weighted by Crippen LogP contribution is 2.41. The van der Waals surface area contributed by atoms with E-state index in [9.17, 15) is 0 Å². The molecule has 1 aliphatic carbocycles. The number of hydrogen-bond acceptors (Lipinski definition) is 3. The highest BCUT2D eigenvalue weighted by molar-refractivity contribution is 6.13. The van der Waals surface area contributed by atoms with E-state index in [2.05, 4.69) is 137 Å². The molecule has 0 fully saturated rings. The van der Waals surface area contributed by atoms with E-state index in [4.69, 9.17) is 15.0 Å². The fourth-order valence-electron chi connectivity index (χ4n) is 8.64. The van der Waals surface area contributed by atoms with Crippen LogP contribution in [0.5, 0.6) is 0 Å². The lowest BCUT2D eigenvalue weighted by atomic mass is 9.89. The minimum Gasteiger partial charge on any atom is -0.309 e. The minimum absolute atomic E-state index is 0.643. The van der Waals surface area contributed by atoms with Crippen molar-refractivity contribution in [2.24, 2.45) is 0 Å². The van der Waals surface area contributed by atoms with Crippen LogP contribution in [-0.4, -0.2) is 24.1 Å². The largest absolute Gasteiger partial charge is 0.309 e. The Balaban J connectivity index is 1.15. The minimum atomic E-state index is 0.643. The molecule has 10 aromatic rings. The fourth-order valence-corrected chi connectivity index (χ4v) is 8.64. The van der Waals surface area contributed by atoms with Gasteiger partial charge >= 0.3 is 0 Å². The van der Waals surface area contributed by atoms with Crippen LogP contribution >= 0.6 is 0 Å². The van der Waals surface area contributed by atoms with Crippen molar-refractivity contribution in [3.63, 3.8) is 0 Å². The number of nitrogens with zero attached hydrogens (tertiary/aromatic N) is 5. The van der Waals surface area contributed by atoms with E-state index in [0.717, 1.165) is 35.2 Å². The number of aromatic nitrogens is 5. The smallest absolute Gasteiger partial charge is 0.238 e. The van der Waals surface area contributed by atoms with E-state index in [0.29, 0.717) is 17.6 Å². The molecule has 0 spiro atoms. The van der Waals surface area contributed by atoms with Crippen LogP contribution in [0.1, 0.15) is 24.0 Å². The molecule has 3 aromatic heterocycles. The van der Waals surface area contributed by atoms with E-state index in [1.807, 2.05) is 36.4 Å². The molecule has 5 heteroatoms. The first-order valence-corrected chi connectivity index (χ1v) is 18.8. The highest BCUT2D eigenvalue weighted by atomic mass is 15.2. The van der Waals surface area contributed by atoms with Crippen molar-refractivity contribution in [2.75, 3.05) is 0 Å². The first-order chi connectivity index (χ1) is 26.8. The fraction of sp³-hybridized carbons (Fsp3) is 0.0816. The average molecular weight is 694 g/mol. The summed E-state index contributed by atoms with van der Waals surface area (Å²) >= 11 is 0. The van der Waals surface area contributed by atoms with Crippen LogP contribution in [0.15, 0.2) is 164 Å². The monoisotopic (exact) mass is 693 g/mol. The summed E-state index contributed by atoms with van der Waals surface area (Å²) in [5.41, 5.74) is 13.0. The Kier molecular flexibility index (Phi) is 7.05. The molecule has 0 saturated carbocycles. The third-order valence-corrected chi connectivity index (χ3v) is 11.2. The summed E-state index contributed by atoms with van der Waals surface area (Å²) < 4.78 is 4.69. The van der Waals surface area contributed by atoms with Crippen LogP contribution in [-0.2, 0) is 12.8 Å². The Morgan fingerprint density at radius 2 is 0.944 bits per heavy atom. The number of aryl methyl sites for hydroxylation is 2. The zero-order chi connectivity index (χ0) is 35.6. The molecule has 0 atom stereocenters. The van der Waals surface area contributed by atoms with Gasteiger partial charge in [0.1, 0.15) is 0 Å². The molecule has 0 bridgehead atoms. The summed E-state index contributed by atoms with van der Waals surface area (Å²) in [6.45, 7) is 0. The van der Waals surface area contributed by atoms with Crippen LogP contribution in [0.25, 0.3) is 89.2 Å². The van der Waals surface area contributed by atoms with Crippen LogP contribution in [0.4, 0.5) is 0 Å². The van der Waals surface area contributed by atoms with Crippen molar-refractivity contribution in [3.05, 3.63) is 175 Å². The topological polar surface area (TPSA) is 48.5 Å². The molecule has 0 unspecified atom stereocenters. The number of rotatable bonds is 5. The van der Waals surface area contributed by atoms with E-state index in [1.54, 1.807) is 0 Å². The number of para-hydroxylation sites is 2. The lowest BCUT2D eigenvalue weighted by Gasteiger charge is -2.18. The Hall–Kier alpha value is -6.85. The maximum Gasteiger partial charge on any atom is 0.238 e. The van der Waals surface area contributed by atoms with Crippen LogP contribution in [0.2, 0.25) is 0 Å². The van der Waals surface area contributed by atoms with Gasteiger partial charge in [-0.2, -0.15) is 9.97 Å². The van der Waals surface area contributed by atoms with Crippen LogP contribution in [0, 0.1) is 0 Å². The zero-order valence-electron chi connectivity index (χ0n) is 29.7. The molecule has 0 radical (unpaired) electrons. The average Bonchev–Trinajstić information content (AvgIpc) is 3.77. The van der Waals surface area contributed by atoms with Crippen molar-refractivity contribution in [3.8, 4) is 45.5 Å². The quantitative estimate of drug-likeness (QED) is 0.180. The zero-order valence-corrected chi connectivity index (χ0v) is 29.7. The first-order valence-electron chi connectivity index (χ1n) is 18.8. The Morgan fingerprint density at radius 1 is 0.389 bits per heavy atom. The molecule has 5 nitrogen and oxygen atoms in total. The predicted molar refractivity (Wildman–Crippen MR) is 221 cm³/mol. The van der Waals surface area contributed by atoms with Gasteiger partial charge in [-0.3, -0.25) is 4.57 Å². The molecule has 256 valence electrons. The molecule has 3 heterocycles. The summed E-state index contributed by atoms with van der Waals surface area (Å²) in [6, 6.07) is 58.4. The summed E-state index contributed by atoms with van der Waals surface area (Å²) in [6.07, 6.45) is 4.53. The molecule has 54 heavy (non-hydrogen) atoms. The van der Waals surface area contributed by atoms with Gasteiger partial charge in [-0.25, -0.2) is 4.98 Å². The molecule has 11 rings (SSSR count). The summed E-state index contributed by atoms with van der Waals surface area (Å²) in [5.74, 6) is 1.97. The number of benzene rings is 7. The third-order valence-electron chi connectivity index (χ3n) is 11.2. The van der Waals surface area contributed by atoms with Gasteiger partial charge in [-0.15, -0.1) is 0 Å². The summed E-state index contributed by atoms with van der Waals surface area (Å²) in [7, 11) is 0.